The molecule has 68 valence electrons. The summed E-state index contributed by atoms with van der Waals surface area (Å²) in [5, 5.41) is 0. The molecule has 0 bridgehead atoms. The zero-order valence-corrected chi connectivity index (χ0v) is 10.0. The molecular weight excluding hydrogens is 239 g/mol. The van der Waals surface area contributed by atoms with Gasteiger partial charge in [-0.05, 0) is 12.5 Å². The van der Waals surface area contributed by atoms with Crippen molar-refractivity contribution in [2.75, 3.05) is 26.1 Å². The maximum atomic E-state index is 11.2. The van der Waals surface area contributed by atoms with E-state index in [9.17, 15) is 4.79 Å². The van der Waals surface area contributed by atoms with Crippen LogP contribution in [0, 0.1) is 0 Å². The van der Waals surface area contributed by atoms with Gasteiger partial charge in [0.1, 0.15) is 21.7 Å². The molecule has 0 radical (unpaired) electrons. The van der Waals surface area contributed by atoms with Gasteiger partial charge < -0.3 is 4.74 Å². The number of halogens is 1. The third-order valence-corrected chi connectivity index (χ3v) is 5.62. The number of hydrogen-bond acceptors (Lipinski definition) is 2. The van der Waals surface area contributed by atoms with Gasteiger partial charge in [0.2, 0.25) is 0 Å². The van der Waals surface area contributed by atoms with Crippen LogP contribution in [-0.2, 0) is 9.53 Å². The predicted molar refractivity (Wildman–Crippen MR) is 56.2 cm³/mol. The molecule has 0 N–H and O–H groups in total. The van der Waals surface area contributed by atoms with Crippen molar-refractivity contribution < 1.29 is 9.53 Å². The van der Waals surface area contributed by atoms with E-state index in [2.05, 4.69) is 22.2 Å². The zero-order chi connectivity index (χ0) is 9.35. The summed E-state index contributed by atoms with van der Waals surface area (Å²) in [5.74, 6) is -1.19. The predicted octanol–water partition coefficient (Wildman–Crippen LogP) is 2.45. The van der Waals surface area contributed by atoms with Gasteiger partial charge in [-0.15, -0.1) is 0 Å². The average Bonchev–Trinajstić information content (AvgIpc) is 2.23. The van der Waals surface area contributed by atoms with E-state index < -0.39 is 5.96 Å². The zero-order valence-electron chi connectivity index (χ0n) is 7.56. The van der Waals surface area contributed by atoms with Gasteiger partial charge in [0, 0.05) is 0 Å². The summed E-state index contributed by atoms with van der Waals surface area (Å²) in [7, 11) is 1.44. The van der Waals surface area contributed by atoms with Crippen LogP contribution < -0.4 is 0 Å². The highest BCUT2D eigenvalue weighted by Gasteiger charge is 2.40. The van der Waals surface area contributed by atoms with Gasteiger partial charge in [0.05, 0.1) is 31.5 Å². The summed E-state index contributed by atoms with van der Waals surface area (Å²) in [6, 6.07) is 0. The van der Waals surface area contributed by atoms with Gasteiger partial charge >= 0.3 is 5.97 Å². The van der Waals surface area contributed by atoms with E-state index in [-0.39, 0.29) is 5.97 Å². The van der Waals surface area contributed by atoms with Crippen molar-refractivity contribution in [2.45, 2.75) is 6.92 Å². The minimum absolute atomic E-state index is 0.157. The van der Waals surface area contributed by atoms with Crippen molar-refractivity contribution in [3.05, 3.63) is 11.1 Å². The largest absolute Gasteiger partial charge is 0.466 e. The van der Waals surface area contributed by atoms with Gasteiger partial charge in [-0.3, -0.25) is 0 Å². The molecule has 1 aliphatic rings. The molecule has 0 aromatic rings. The van der Waals surface area contributed by atoms with E-state index >= 15 is 0 Å². The lowest BCUT2D eigenvalue weighted by Crippen LogP contribution is -2.06. The van der Waals surface area contributed by atoms with Crippen molar-refractivity contribution in [3.8, 4) is 0 Å². The lowest BCUT2D eigenvalue weighted by molar-refractivity contribution is -0.136. The molecule has 1 aliphatic heterocycles. The topological polar surface area (TPSA) is 26.3 Å². The molecule has 2 nitrogen and oxygen atoms in total. The summed E-state index contributed by atoms with van der Waals surface area (Å²) in [6.07, 6.45) is 1.92. The van der Waals surface area contributed by atoms with E-state index in [1.165, 1.54) is 12.7 Å². The fraction of sp³-hybridized carbons (Fsp3) is 0.625. The van der Waals surface area contributed by atoms with Crippen LogP contribution in [0.3, 0.4) is 0 Å². The Kier molecular flexibility index (Phi) is 2.95. The minimum Gasteiger partial charge on any atom is -0.466 e. The molecule has 1 unspecified atom stereocenters. The lowest BCUT2D eigenvalue weighted by Gasteiger charge is -2.05. The van der Waals surface area contributed by atoms with Gasteiger partial charge in [-0.1, -0.05) is 0 Å². The number of carbonyl (C=O) groups is 1. The molecule has 0 saturated carbocycles. The first-order valence-corrected chi connectivity index (χ1v) is 8.40. The molecule has 1 heterocycles. The van der Waals surface area contributed by atoms with Gasteiger partial charge in [-0.25, -0.2) is 4.79 Å². The number of methoxy groups -OCH3 is 1. The van der Waals surface area contributed by atoms with Crippen LogP contribution in [0.15, 0.2) is 11.1 Å². The SMILES string of the molecule is COC(=O)C1=C(C)C[P+](C)(Br)C1. The van der Waals surface area contributed by atoms with Crippen molar-refractivity contribution in [2.24, 2.45) is 0 Å². The number of hydrogen-bond donors (Lipinski definition) is 0. The number of allylic oxidation sites excluding steroid dienone is 1. The Balaban J connectivity index is 2.80. The highest BCUT2D eigenvalue weighted by Crippen LogP contribution is 2.68. The molecule has 0 saturated heterocycles. The quantitative estimate of drug-likeness (QED) is 0.529. The van der Waals surface area contributed by atoms with Crippen molar-refractivity contribution in [3.63, 3.8) is 0 Å². The molecule has 1 atom stereocenters. The van der Waals surface area contributed by atoms with E-state index in [0.29, 0.717) is 0 Å². The van der Waals surface area contributed by atoms with Crippen LogP contribution in [0.5, 0.6) is 0 Å². The Morgan fingerprint density at radius 3 is 2.50 bits per heavy atom. The van der Waals surface area contributed by atoms with Gasteiger partial charge in [0.25, 0.3) is 0 Å². The second-order valence-electron chi connectivity index (χ2n) is 3.33. The average molecular weight is 252 g/mol. The highest BCUT2D eigenvalue weighted by molar-refractivity contribution is 9.42. The number of carbonyl (C=O) groups excluding carboxylic acids is 1. The number of esters is 1. The first kappa shape index (κ1) is 10.2. The summed E-state index contributed by atoms with van der Waals surface area (Å²) in [4.78, 5) is 11.2. The molecule has 12 heavy (non-hydrogen) atoms. The summed E-state index contributed by atoms with van der Waals surface area (Å²) >= 11 is 3.68. The lowest BCUT2D eigenvalue weighted by atomic mass is 10.2. The molecule has 0 aromatic heterocycles. The Bertz CT molecular complexity index is 245. The van der Waals surface area contributed by atoms with Crippen molar-refractivity contribution in [1.29, 1.82) is 0 Å². The molecular formula is C8H13BrO2P+. The Morgan fingerprint density at radius 2 is 2.17 bits per heavy atom. The Morgan fingerprint density at radius 1 is 1.58 bits per heavy atom. The molecule has 0 amide bonds. The standard InChI is InChI=1S/C8H13BrO2P/c1-6-4-12(3,9)5-7(6)8(10)11-2/h4-5H2,1-3H3/q+1. The van der Waals surface area contributed by atoms with Crippen LogP contribution >= 0.6 is 21.5 Å². The first-order valence-electron chi connectivity index (χ1n) is 3.77. The van der Waals surface area contributed by atoms with E-state index in [4.69, 9.17) is 4.74 Å². The summed E-state index contributed by atoms with van der Waals surface area (Å²) in [5.41, 5.74) is 2.07. The van der Waals surface area contributed by atoms with Crippen LogP contribution in [0.2, 0.25) is 0 Å². The van der Waals surface area contributed by atoms with Crippen molar-refractivity contribution in [1.82, 2.24) is 0 Å². The summed E-state index contributed by atoms with van der Waals surface area (Å²) in [6.45, 7) is 4.21. The molecule has 1 rings (SSSR count). The van der Waals surface area contributed by atoms with Gasteiger partial charge in [0.15, 0.2) is 0 Å². The van der Waals surface area contributed by atoms with Crippen LogP contribution in [-0.4, -0.2) is 32.1 Å². The Labute approximate surface area is 81.4 Å². The molecule has 0 aliphatic carbocycles. The summed E-state index contributed by atoms with van der Waals surface area (Å²) < 4.78 is 4.70. The third-order valence-electron chi connectivity index (χ3n) is 2.00. The molecule has 0 aromatic carbocycles. The van der Waals surface area contributed by atoms with E-state index in [1.54, 1.807) is 0 Å². The fourth-order valence-corrected chi connectivity index (χ4v) is 5.70. The smallest absolute Gasteiger partial charge is 0.337 e. The van der Waals surface area contributed by atoms with Crippen LogP contribution in [0.25, 0.3) is 0 Å². The molecule has 0 spiro atoms. The van der Waals surface area contributed by atoms with Crippen LogP contribution in [0.1, 0.15) is 6.92 Å². The normalized spacial score (nSPS) is 29.3. The first-order chi connectivity index (χ1) is 5.46. The number of ether oxygens (including phenoxy) is 1. The minimum atomic E-state index is -1.03. The number of rotatable bonds is 1. The Hall–Kier alpha value is 0.120. The maximum absolute atomic E-state index is 11.2. The van der Waals surface area contributed by atoms with Crippen LogP contribution in [0.4, 0.5) is 0 Å². The van der Waals surface area contributed by atoms with Gasteiger partial charge in [-0.2, -0.15) is 0 Å². The molecule has 4 heteroatoms. The second-order valence-corrected chi connectivity index (χ2v) is 11.6. The third kappa shape index (κ3) is 2.08. The monoisotopic (exact) mass is 251 g/mol. The highest BCUT2D eigenvalue weighted by atomic mass is 79.9. The molecule has 0 fully saturated rings. The van der Waals surface area contributed by atoms with E-state index in [0.717, 1.165) is 17.9 Å². The van der Waals surface area contributed by atoms with Crippen molar-refractivity contribution >= 4 is 27.4 Å². The van der Waals surface area contributed by atoms with E-state index in [1.807, 2.05) is 6.92 Å². The maximum Gasteiger partial charge on any atom is 0.337 e. The second kappa shape index (κ2) is 3.47. The fourth-order valence-electron chi connectivity index (χ4n) is 1.47.